The maximum absolute atomic E-state index is 11.3. The van der Waals surface area contributed by atoms with Crippen LogP contribution in [-0.4, -0.2) is 51.1 Å². The zero-order chi connectivity index (χ0) is 14.6. The summed E-state index contributed by atoms with van der Waals surface area (Å²) >= 11 is 0. The van der Waals surface area contributed by atoms with Crippen LogP contribution in [0.25, 0.3) is 0 Å². The van der Waals surface area contributed by atoms with E-state index in [4.69, 9.17) is 4.74 Å². The molecule has 0 spiro atoms. The number of para-hydroxylation sites is 1. The first-order valence-electron chi connectivity index (χ1n) is 7.10. The molecule has 1 heterocycles. The van der Waals surface area contributed by atoms with Crippen molar-refractivity contribution in [1.82, 2.24) is 4.90 Å². The number of sulfone groups is 1. The van der Waals surface area contributed by atoms with Crippen molar-refractivity contribution in [3.63, 3.8) is 0 Å². The summed E-state index contributed by atoms with van der Waals surface area (Å²) in [7, 11) is -2.77. The number of aryl methyl sites for hydroxylation is 2. The Morgan fingerprint density at radius 3 is 2.35 bits per heavy atom. The van der Waals surface area contributed by atoms with E-state index in [2.05, 4.69) is 30.9 Å². The van der Waals surface area contributed by atoms with Crippen molar-refractivity contribution in [2.45, 2.75) is 20.3 Å². The Bertz CT molecular complexity index is 520. The van der Waals surface area contributed by atoms with Crippen LogP contribution >= 0.6 is 0 Å². The van der Waals surface area contributed by atoms with Gasteiger partial charge in [0.2, 0.25) is 0 Å². The quantitative estimate of drug-likeness (QED) is 0.778. The zero-order valence-electron chi connectivity index (χ0n) is 12.3. The van der Waals surface area contributed by atoms with Gasteiger partial charge < -0.3 is 9.64 Å². The number of hydrogen-bond donors (Lipinski definition) is 0. The van der Waals surface area contributed by atoms with Crippen LogP contribution in [0.2, 0.25) is 0 Å². The van der Waals surface area contributed by atoms with Gasteiger partial charge in [-0.2, -0.15) is 0 Å². The molecule has 5 heteroatoms. The van der Waals surface area contributed by atoms with Crippen LogP contribution in [0.15, 0.2) is 18.2 Å². The summed E-state index contributed by atoms with van der Waals surface area (Å²) in [6, 6.07) is 6.14. The zero-order valence-corrected chi connectivity index (χ0v) is 13.1. The molecule has 1 aromatic rings. The molecule has 112 valence electrons. The molecule has 0 atom stereocenters. The van der Waals surface area contributed by atoms with Crippen LogP contribution in [0, 0.1) is 13.8 Å². The number of hydrogen-bond acceptors (Lipinski definition) is 4. The van der Waals surface area contributed by atoms with E-state index >= 15 is 0 Å². The third-order valence-electron chi connectivity index (χ3n) is 3.71. The van der Waals surface area contributed by atoms with Crippen molar-refractivity contribution < 1.29 is 13.2 Å². The van der Waals surface area contributed by atoms with Gasteiger partial charge >= 0.3 is 0 Å². The van der Waals surface area contributed by atoms with Crippen molar-refractivity contribution in [2.75, 3.05) is 37.7 Å². The third kappa shape index (κ3) is 4.21. The fourth-order valence-electron chi connectivity index (χ4n) is 2.46. The molecule has 1 saturated heterocycles. The number of benzene rings is 1. The minimum Gasteiger partial charge on any atom is -0.493 e. The van der Waals surface area contributed by atoms with Gasteiger partial charge in [-0.1, -0.05) is 18.2 Å². The molecule has 1 aliphatic rings. The minimum absolute atomic E-state index is 0.296. The Balaban J connectivity index is 1.72. The molecule has 1 aromatic carbocycles. The predicted molar refractivity (Wildman–Crippen MR) is 81.1 cm³/mol. The van der Waals surface area contributed by atoms with Crippen LogP contribution in [0.5, 0.6) is 5.75 Å². The summed E-state index contributed by atoms with van der Waals surface area (Å²) in [5, 5.41) is 0. The van der Waals surface area contributed by atoms with Crippen LogP contribution in [0.3, 0.4) is 0 Å². The fraction of sp³-hybridized carbons (Fsp3) is 0.600. The summed E-state index contributed by atoms with van der Waals surface area (Å²) in [5.41, 5.74) is 2.32. The molecule has 0 N–H and O–H groups in total. The van der Waals surface area contributed by atoms with Crippen molar-refractivity contribution in [3.8, 4) is 5.75 Å². The third-order valence-corrected chi connectivity index (χ3v) is 5.32. The van der Waals surface area contributed by atoms with E-state index in [-0.39, 0.29) is 0 Å². The second-order valence-corrected chi connectivity index (χ2v) is 7.72. The van der Waals surface area contributed by atoms with E-state index in [0.29, 0.717) is 31.2 Å². The van der Waals surface area contributed by atoms with E-state index in [1.807, 2.05) is 6.07 Å². The lowest BCUT2D eigenvalue weighted by Gasteiger charge is -2.26. The molecule has 1 aliphatic heterocycles. The molecular weight excluding hydrogens is 274 g/mol. The molecular formula is C15H23NO3S. The van der Waals surface area contributed by atoms with Gasteiger partial charge in [-0.15, -0.1) is 0 Å². The van der Waals surface area contributed by atoms with E-state index < -0.39 is 9.84 Å². The van der Waals surface area contributed by atoms with Crippen LogP contribution < -0.4 is 4.74 Å². The topological polar surface area (TPSA) is 46.6 Å². The van der Waals surface area contributed by atoms with Gasteiger partial charge in [-0.3, -0.25) is 0 Å². The number of nitrogens with zero attached hydrogens (tertiary/aromatic N) is 1. The van der Waals surface area contributed by atoms with Crippen LogP contribution in [0.1, 0.15) is 17.5 Å². The second kappa shape index (κ2) is 6.59. The summed E-state index contributed by atoms with van der Waals surface area (Å²) in [6.45, 7) is 7.00. The Kier molecular flexibility index (Phi) is 5.05. The van der Waals surface area contributed by atoms with Crippen LogP contribution in [0.4, 0.5) is 0 Å². The van der Waals surface area contributed by atoms with Crippen molar-refractivity contribution in [1.29, 1.82) is 0 Å². The highest BCUT2D eigenvalue weighted by Gasteiger charge is 2.20. The maximum Gasteiger partial charge on any atom is 0.152 e. The molecule has 0 aromatic heterocycles. The van der Waals surface area contributed by atoms with Crippen molar-refractivity contribution in [3.05, 3.63) is 29.3 Å². The van der Waals surface area contributed by atoms with E-state index in [1.54, 1.807) is 0 Å². The molecule has 0 aliphatic carbocycles. The molecule has 2 rings (SSSR count). The first-order valence-corrected chi connectivity index (χ1v) is 8.92. The SMILES string of the molecule is Cc1cccc(C)c1OCCCN1CCS(=O)(=O)CC1. The van der Waals surface area contributed by atoms with Gasteiger partial charge in [0.05, 0.1) is 18.1 Å². The molecule has 1 fully saturated rings. The predicted octanol–water partition coefficient (Wildman–Crippen LogP) is 1.80. The highest BCUT2D eigenvalue weighted by atomic mass is 32.2. The lowest BCUT2D eigenvalue weighted by atomic mass is 10.1. The highest BCUT2D eigenvalue weighted by molar-refractivity contribution is 7.91. The molecule has 0 bridgehead atoms. The molecule has 0 amide bonds. The standard InChI is InChI=1S/C15H23NO3S/c1-13-5-3-6-14(2)15(13)19-10-4-7-16-8-11-20(17,18)12-9-16/h3,5-6H,4,7-12H2,1-2H3. The summed E-state index contributed by atoms with van der Waals surface area (Å²) < 4.78 is 28.5. The minimum atomic E-state index is -2.77. The average molecular weight is 297 g/mol. The normalized spacial score (nSPS) is 18.9. The van der Waals surface area contributed by atoms with E-state index in [0.717, 1.165) is 29.8 Å². The lowest BCUT2D eigenvalue weighted by molar-refractivity contribution is 0.244. The molecule has 0 unspecified atom stereocenters. The Morgan fingerprint density at radius 1 is 1.15 bits per heavy atom. The average Bonchev–Trinajstić information content (AvgIpc) is 2.39. The van der Waals surface area contributed by atoms with Crippen LogP contribution in [-0.2, 0) is 9.84 Å². The molecule has 0 radical (unpaired) electrons. The van der Waals surface area contributed by atoms with Gasteiger partial charge in [0.15, 0.2) is 9.84 Å². The molecule has 0 saturated carbocycles. The van der Waals surface area contributed by atoms with Crippen molar-refractivity contribution in [2.24, 2.45) is 0 Å². The Labute approximate surface area is 121 Å². The smallest absolute Gasteiger partial charge is 0.152 e. The first-order chi connectivity index (χ1) is 9.48. The van der Waals surface area contributed by atoms with Gasteiger partial charge in [-0.05, 0) is 31.4 Å². The highest BCUT2D eigenvalue weighted by Crippen LogP contribution is 2.22. The summed E-state index contributed by atoms with van der Waals surface area (Å²) in [5.74, 6) is 1.57. The second-order valence-electron chi connectivity index (χ2n) is 5.42. The van der Waals surface area contributed by atoms with E-state index in [9.17, 15) is 8.42 Å². The fourth-order valence-corrected chi connectivity index (χ4v) is 3.74. The van der Waals surface area contributed by atoms with Gasteiger partial charge in [0.1, 0.15) is 5.75 Å². The van der Waals surface area contributed by atoms with Gasteiger partial charge in [0, 0.05) is 19.6 Å². The molecule has 20 heavy (non-hydrogen) atoms. The first kappa shape index (κ1) is 15.3. The molecule has 4 nitrogen and oxygen atoms in total. The maximum atomic E-state index is 11.3. The van der Waals surface area contributed by atoms with Gasteiger partial charge in [0.25, 0.3) is 0 Å². The van der Waals surface area contributed by atoms with E-state index in [1.165, 1.54) is 0 Å². The Morgan fingerprint density at radius 2 is 1.75 bits per heavy atom. The van der Waals surface area contributed by atoms with Crippen molar-refractivity contribution >= 4 is 9.84 Å². The summed E-state index contributed by atoms with van der Waals surface area (Å²) in [4.78, 5) is 2.20. The largest absolute Gasteiger partial charge is 0.493 e. The summed E-state index contributed by atoms with van der Waals surface area (Å²) in [6.07, 6.45) is 0.924. The number of ether oxygens (including phenoxy) is 1. The monoisotopic (exact) mass is 297 g/mol. The number of rotatable bonds is 5. The lowest BCUT2D eigenvalue weighted by Crippen LogP contribution is -2.40. The Hall–Kier alpha value is -1.07. The van der Waals surface area contributed by atoms with Gasteiger partial charge in [-0.25, -0.2) is 8.42 Å².